The van der Waals surface area contributed by atoms with Crippen LogP contribution in [0.25, 0.3) is 22.6 Å². The lowest BCUT2D eigenvalue weighted by Crippen LogP contribution is -2.07. The molecular formula is C19H20N8. The van der Waals surface area contributed by atoms with E-state index in [9.17, 15) is 0 Å². The summed E-state index contributed by atoms with van der Waals surface area (Å²) in [6.07, 6.45) is 6.70. The molecule has 8 nitrogen and oxygen atoms in total. The zero-order valence-corrected chi connectivity index (χ0v) is 15.1. The number of H-pyrrole nitrogens is 1. The molecule has 0 aliphatic heterocycles. The normalized spacial score (nSPS) is 11.0. The standard InChI is InChI=1S/C19H20N8/c1-2-3-8-18-21-13-22-27(18)12-14-9-10-17(20-11-14)15-6-4-5-7-16(15)19-23-25-26-24-19/h4-7,9-11,13H,2-3,8,12H2,1H3,(H,23,24,25,26). The zero-order valence-electron chi connectivity index (χ0n) is 15.1. The summed E-state index contributed by atoms with van der Waals surface area (Å²) in [7, 11) is 0. The van der Waals surface area contributed by atoms with E-state index in [0.29, 0.717) is 12.4 Å². The third-order valence-electron chi connectivity index (χ3n) is 4.40. The first-order valence-corrected chi connectivity index (χ1v) is 9.00. The van der Waals surface area contributed by atoms with Crippen molar-refractivity contribution >= 4 is 0 Å². The molecule has 0 saturated heterocycles. The monoisotopic (exact) mass is 360 g/mol. The minimum absolute atomic E-state index is 0.555. The van der Waals surface area contributed by atoms with Crippen molar-refractivity contribution in [2.24, 2.45) is 0 Å². The number of hydrogen-bond donors (Lipinski definition) is 1. The molecule has 4 rings (SSSR count). The molecule has 0 atom stereocenters. The second kappa shape index (κ2) is 7.86. The van der Waals surface area contributed by atoms with Gasteiger partial charge in [0.05, 0.1) is 12.2 Å². The molecule has 27 heavy (non-hydrogen) atoms. The van der Waals surface area contributed by atoms with Crippen LogP contribution >= 0.6 is 0 Å². The van der Waals surface area contributed by atoms with Gasteiger partial charge < -0.3 is 0 Å². The van der Waals surface area contributed by atoms with Crippen molar-refractivity contribution in [3.63, 3.8) is 0 Å². The Hall–Kier alpha value is -3.42. The predicted octanol–water partition coefficient (Wildman–Crippen LogP) is 2.91. The van der Waals surface area contributed by atoms with E-state index in [2.05, 4.69) is 48.7 Å². The lowest BCUT2D eigenvalue weighted by Gasteiger charge is -2.08. The second-order valence-electron chi connectivity index (χ2n) is 6.27. The zero-order chi connectivity index (χ0) is 18.5. The molecule has 0 unspecified atom stereocenters. The third kappa shape index (κ3) is 3.74. The highest BCUT2D eigenvalue weighted by Crippen LogP contribution is 2.28. The fourth-order valence-electron chi connectivity index (χ4n) is 2.98. The summed E-state index contributed by atoms with van der Waals surface area (Å²) in [6, 6.07) is 12.0. The van der Waals surface area contributed by atoms with E-state index < -0.39 is 0 Å². The molecule has 0 bridgehead atoms. The van der Waals surface area contributed by atoms with Crippen molar-refractivity contribution in [2.45, 2.75) is 32.7 Å². The number of tetrazole rings is 1. The first kappa shape index (κ1) is 17.0. The summed E-state index contributed by atoms with van der Waals surface area (Å²) in [4.78, 5) is 9.01. The van der Waals surface area contributed by atoms with Crippen LogP contribution in [0.1, 0.15) is 31.2 Å². The summed E-state index contributed by atoms with van der Waals surface area (Å²) in [6.45, 7) is 2.84. The Morgan fingerprint density at radius 3 is 2.67 bits per heavy atom. The number of nitrogens with one attached hydrogen (secondary N) is 1. The van der Waals surface area contributed by atoms with Crippen molar-refractivity contribution < 1.29 is 0 Å². The Labute approximate surface area is 156 Å². The number of hydrogen-bond acceptors (Lipinski definition) is 6. The van der Waals surface area contributed by atoms with Crippen LogP contribution in [0, 0.1) is 0 Å². The molecule has 0 aliphatic carbocycles. The van der Waals surface area contributed by atoms with Gasteiger partial charge in [0, 0.05) is 23.7 Å². The SMILES string of the molecule is CCCCc1ncnn1Cc1ccc(-c2ccccc2-c2nn[nH]n2)nc1. The lowest BCUT2D eigenvalue weighted by molar-refractivity contribution is 0.617. The second-order valence-corrected chi connectivity index (χ2v) is 6.27. The lowest BCUT2D eigenvalue weighted by atomic mass is 10.0. The minimum atomic E-state index is 0.555. The Bertz CT molecular complexity index is 989. The molecule has 0 aliphatic rings. The molecule has 3 heterocycles. The van der Waals surface area contributed by atoms with Crippen LogP contribution in [0.4, 0.5) is 0 Å². The average Bonchev–Trinajstić information content (AvgIpc) is 3.39. The first-order chi connectivity index (χ1) is 13.3. The number of nitrogens with zero attached hydrogens (tertiary/aromatic N) is 7. The summed E-state index contributed by atoms with van der Waals surface area (Å²) < 4.78 is 1.94. The van der Waals surface area contributed by atoms with Crippen LogP contribution in [0.15, 0.2) is 48.9 Å². The highest BCUT2D eigenvalue weighted by atomic mass is 15.5. The number of rotatable bonds is 7. The summed E-state index contributed by atoms with van der Waals surface area (Å²) in [5, 5.41) is 18.6. The molecule has 136 valence electrons. The number of aryl methyl sites for hydroxylation is 1. The number of aromatic amines is 1. The molecule has 0 radical (unpaired) electrons. The third-order valence-corrected chi connectivity index (χ3v) is 4.40. The van der Waals surface area contributed by atoms with Gasteiger partial charge in [0.1, 0.15) is 12.2 Å². The van der Waals surface area contributed by atoms with Crippen LogP contribution in [-0.4, -0.2) is 40.4 Å². The van der Waals surface area contributed by atoms with Gasteiger partial charge >= 0.3 is 0 Å². The Balaban J connectivity index is 1.57. The molecule has 8 heteroatoms. The average molecular weight is 360 g/mol. The molecular weight excluding hydrogens is 340 g/mol. The predicted molar refractivity (Wildman–Crippen MR) is 101 cm³/mol. The van der Waals surface area contributed by atoms with Gasteiger partial charge in [-0.1, -0.05) is 43.7 Å². The fraction of sp³-hybridized carbons (Fsp3) is 0.263. The van der Waals surface area contributed by atoms with E-state index in [1.54, 1.807) is 6.33 Å². The molecule has 0 fully saturated rings. The van der Waals surface area contributed by atoms with Crippen molar-refractivity contribution in [3.8, 4) is 22.6 Å². The van der Waals surface area contributed by atoms with E-state index in [-0.39, 0.29) is 0 Å². The van der Waals surface area contributed by atoms with E-state index in [0.717, 1.165) is 47.5 Å². The Kier molecular flexibility index (Phi) is 4.95. The number of aromatic nitrogens is 8. The maximum absolute atomic E-state index is 4.64. The van der Waals surface area contributed by atoms with Crippen LogP contribution < -0.4 is 0 Å². The maximum atomic E-state index is 4.64. The highest BCUT2D eigenvalue weighted by molar-refractivity contribution is 5.78. The molecule has 0 saturated carbocycles. The van der Waals surface area contributed by atoms with E-state index in [4.69, 9.17) is 0 Å². The Morgan fingerprint density at radius 1 is 1.04 bits per heavy atom. The molecule has 1 N–H and O–H groups in total. The van der Waals surface area contributed by atoms with Gasteiger partial charge in [-0.2, -0.15) is 10.3 Å². The topological polar surface area (TPSA) is 98.1 Å². The quantitative estimate of drug-likeness (QED) is 0.544. The summed E-state index contributed by atoms with van der Waals surface area (Å²) >= 11 is 0. The largest absolute Gasteiger partial charge is 0.256 e. The van der Waals surface area contributed by atoms with Gasteiger partial charge in [0.15, 0.2) is 0 Å². The van der Waals surface area contributed by atoms with Gasteiger partial charge in [-0.3, -0.25) is 4.98 Å². The Morgan fingerprint density at radius 2 is 1.93 bits per heavy atom. The van der Waals surface area contributed by atoms with Gasteiger partial charge in [-0.05, 0) is 23.3 Å². The number of benzene rings is 1. The minimum Gasteiger partial charge on any atom is -0.256 e. The molecule has 0 amide bonds. The molecule has 3 aromatic heterocycles. The molecule has 4 aromatic rings. The van der Waals surface area contributed by atoms with Crippen LogP contribution in [0.5, 0.6) is 0 Å². The molecule has 0 spiro atoms. The smallest absolute Gasteiger partial charge is 0.205 e. The van der Waals surface area contributed by atoms with Gasteiger partial charge in [0.2, 0.25) is 5.82 Å². The van der Waals surface area contributed by atoms with Crippen molar-refractivity contribution in [1.29, 1.82) is 0 Å². The summed E-state index contributed by atoms with van der Waals surface area (Å²) in [5.41, 5.74) is 3.81. The fourth-order valence-corrected chi connectivity index (χ4v) is 2.98. The van der Waals surface area contributed by atoms with Crippen molar-refractivity contribution in [1.82, 2.24) is 40.4 Å². The van der Waals surface area contributed by atoms with E-state index >= 15 is 0 Å². The van der Waals surface area contributed by atoms with Crippen LogP contribution in [-0.2, 0) is 13.0 Å². The number of unbranched alkanes of at least 4 members (excludes halogenated alkanes) is 1. The first-order valence-electron chi connectivity index (χ1n) is 9.00. The van der Waals surface area contributed by atoms with Gasteiger partial charge in [-0.25, -0.2) is 9.67 Å². The highest BCUT2D eigenvalue weighted by Gasteiger charge is 2.12. The van der Waals surface area contributed by atoms with Crippen molar-refractivity contribution in [3.05, 3.63) is 60.3 Å². The van der Waals surface area contributed by atoms with Gasteiger partial charge in [0.25, 0.3) is 0 Å². The van der Waals surface area contributed by atoms with Crippen molar-refractivity contribution in [2.75, 3.05) is 0 Å². The van der Waals surface area contributed by atoms with Crippen LogP contribution in [0.2, 0.25) is 0 Å². The van der Waals surface area contributed by atoms with E-state index in [1.165, 1.54) is 0 Å². The number of pyridine rings is 1. The van der Waals surface area contributed by atoms with E-state index in [1.807, 2.05) is 41.2 Å². The summed E-state index contributed by atoms with van der Waals surface area (Å²) in [5.74, 6) is 1.57. The molecule has 1 aromatic carbocycles. The van der Waals surface area contributed by atoms with Gasteiger partial charge in [-0.15, -0.1) is 10.2 Å². The maximum Gasteiger partial charge on any atom is 0.205 e. The van der Waals surface area contributed by atoms with Crippen LogP contribution in [0.3, 0.4) is 0 Å².